The minimum absolute atomic E-state index is 0.311. The first kappa shape index (κ1) is 14.2. The van der Waals surface area contributed by atoms with E-state index in [-0.39, 0.29) is 0 Å². The van der Waals surface area contributed by atoms with E-state index in [1.165, 1.54) is 0 Å². The molecule has 4 nitrogen and oxygen atoms in total. The molecule has 1 heterocycles. The molecule has 2 atom stereocenters. The second kappa shape index (κ2) is 5.84. The highest BCUT2D eigenvalue weighted by Gasteiger charge is 2.18. The predicted octanol–water partition coefficient (Wildman–Crippen LogP) is 2.99. The predicted molar refractivity (Wildman–Crippen MR) is 82.5 cm³/mol. The van der Waals surface area contributed by atoms with E-state index in [0.29, 0.717) is 17.6 Å². The van der Waals surface area contributed by atoms with Crippen molar-refractivity contribution >= 4 is 28.5 Å². The number of nitrogen functional groups attached to an aromatic ring is 1. The van der Waals surface area contributed by atoms with Gasteiger partial charge in [-0.1, -0.05) is 0 Å². The van der Waals surface area contributed by atoms with Gasteiger partial charge in [0.1, 0.15) is 11.9 Å². The van der Waals surface area contributed by atoms with Crippen LogP contribution in [0.15, 0.2) is 18.2 Å². The molecule has 3 N–H and O–H groups in total. The first-order valence-electron chi connectivity index (χ1n) is 6.49. The average molecular weight is 279 g/mol. The zero-order chi connectivity index (χ0) is 14.0. The maximum Gasteiger partial charge on any atom is 0.138 e. The summed E-state index contributed by atoms with van der Waals surface area (Å²) in [6, 6.07) is 6.04. The summed E-state index contributed by atoms with van der Waals surface area (Å²) < 4.78 is 2.13. The molecule has 2 aromatic rings. The lowest BCUT2D eigenvalue weighted by Crippen LogP contribution is -2.12. The molecule has 0 aliphatic rings. The quantitative estimate of drug-likeness (QED) is 0.826. The van der Waals surface area contributed by atoms with Gasteiger partial charge in [-0.05, 0) is 50.5 Å². The molecule has 2 rings (SSSR count). The smallest absolute Gasteiger partial charge is 0.138 e. The van der Waals surface area contributed by atoms with Gasteiger partial charge in [-0.25, -0.2) is 4.98 Å². The molecule has 0 spiro atoms. The minimum atomic E-state index is -0.578. The molecule has 1 aromatic carbocycles. The Morgan fingerprint density at radius 2 is 2.16 bits per heavy atom. The van der Waals surface area contributed by atoms with E-state index in [1.54, 1.807) is 6.92 Å². The third-order valence-corrected chi connectivity index (χ3v) is 3.94. The van der Waals surface area contributed by atoms with Crippen LogP contribution in [0.4, 0.5) is 5.69 Å². The molecule has 5 heteroatoms. The maximum atomic E-state index is 9.93. The van der Waals surface area contributed by atoms with Crippen LogP contribution in [0.1, 0.15) is 38.2 Å². The van der Waals surface area contributed by atoms with Crippen molar-refractivity contribution in [3.05, 3.63) is 24.0 Å². The molecular formula is C14H21N3OS. The SMILES string of the molecule is CSCCC(C)n1c(C(C)O)nc2cc(N)ccc21. The van der Waals surface area contributed by atoms with Crippen LogP contribution in [-0.2, 0) is 0 Å². The molecule has 0 radical (unpaired) electrons. The van der Waals surface area contributed by atoms with Crippen molar-refractivity contribution in [2.45, 2.75) is 32.4 Å². The highest BCUT2D eigenvalue weighted by atomic mass is 32.2. The maximum absolute atomic E-state index is 9.93. The monoisotopic (exact) mass is 279 g/mol. The standard InChI is InChI=1S/C14H21N3OS/c1-9(6-7-19-3)17-13-5-4-11(15)8-12(13)16-14(17)10(2)18/h4-5,8-10,18H,6-7,15H2,1-3H3. The van der Waals surface area contributed by atoms with Crippen LogP contribution in [0.5, 0.6) is 0 Å². The lowest BCUT2D eigenvalue weighted by Gasteiger charge is -2.18. The normalized spacial score (nSPS) is 14.7. The third-order valence-electron chi connectivity index (χ3n) is 3.30. The number of anilines is 1. The number of thioether (sulfide) groups is 1. The summed E-state index contributed by atoms with van der Waals surface area (Å²) in [4.78, 5) is 4.53. The first-order chi connectivity index (χ1) is 9.04. The molecule has 0 saturated carbocycles. The molecule has 19 heavy (non-hydrogen) atoms. The zero-order valence-electron chi connectivity index (χ0n) is 11.6. The largest absolute Gasteiger partial charge is 0.399 e. The lowest BCUT2D eigenvalue weighted by molar-refractivity contribution is 0.182. The van der Waals surface area contributed by atoms with Gasteiger partial charge in [0.25, 0.3) is 0 Å². The van der Waals surface area contributed by atoms with Gasteiger partial charge < -0.3 is 15.4 Å². The van der Waals surface area contributed by atoms with E-state index < -0.39 is 6.10 Å². The van der Waals surface area contributed by atoms with Gasteiger partial charge in [-0.2, -0.15) is 11.8 Å². The summed E-state index contributed by atoms with van der Waals surface area (Å²) in [7, 11) is 0. The molecular weight excluding hydrogens is 258 g/mol. The van der Waals surface area contributed by atoms with Crippen LogP contribution >= 0.6 is 11.8 Å². The molecule has 104 valence electrons. The summed E-state index contributed by atoms with van der Waals surface area (Å²) in [5.74, 6) is 1.81. The van der Waals surface area contributed by atoms with Gasteiger partial charge in [0, 0.05) is 11.7 Å². The number of aliphatic hydroxyl groups is 1. The van der Waals surface area contributed by atoms with Gasteiger partial charge >= 0.3 is 0 Å². The highest BCUT2D eigenvalue weighted by Crippen LogP contribution is 2.28. The van der Waals surface area contributed by atoms with Gasteiger partial charge in [0.05, 0.1) is 11.0 Å². The second-order valence-corrected chi connectivity index (χ2v) is 5.88. The van der Waals surface area contributed by atoms with Crippen LogP contribution in [0, 0.1) is 0 Å². The molecule has 0 amide bonds. The summed E-state index contributed by atoms with van der Waals surface area (Å²) >= 11 is 1.83. The van der Waals surface area contributed by atoms with Crippen LogP contribution < -0.4 is 5.73 Å². The fourth-order valence-corrected chi connectivity index (χ4v) is 2.89. The third kappa shape index (κ3) is 2.87. The Morgan fingerprint density at radius 1 is 1.42 bits per heavy atom. The summed E-state index contributed by atoms with van der Waals surface area (Å²) in [6.45, 7) is 3.92. The number of fused-ring (bicyclic) bond motifs is 1. The number of rotatable bonds is 5. The minimum Gasteiger partial charge on any atom is -0.399 e. The summed E-state index contributed by atoms with van der Waals surface area (Å²) in [6.07, 6.45) is 2.58. The summed E-state index contributed by atoms with van der Waals surface area (Å²) in [5.41, 5.74) is 8.39. The zero-order valence-corrected chi connectivity index (χ0v) is 12.4. The van der Waals surface area contributed by atoms with Crippen molar-refractivity contribution in [3.8, 4) is 0 Å². The number of nitrogens with zero attached hydrogens (tertiary/aromatic N) is 2. The number of hydrogen-bond donors (Lipinski definition) is 2. The van der Waals surface area contributed by atoms with Crippen molar-refractivity contribution < 1.29 is 5.11 Å². The van der Waals surface area contributed by atoms with Crippen molar-refractivity contribution in [2.75, 3.05) is 17.7 Å². The van der Waals surface area contributed by atoms with E-state index in [1.807, 2.05) is 30.0 Å². The van der Waals surface area contributed by atoms with E-state index >= 15 is 0 Å². The van der Waals surface area contributed by atoms with Crippen molar-refractivity contribution in [1.82, 2.24) is 9.55 Å². The van der Waals surface area contributed by atoms with Crippen molar-refractivity contribution in [3.63, 3.8) is 0 Å². The van der Waals surface area contributed by atoms with E-state index in [2.05, 4.69) is 22.7 Å². The Bertz CT molecular complexity index is 565. The number of imidazole rings is 1. The van der Waals surface area contributed by atoms with Crippen LogP contribution in [0.3, 0.4) is 0 Å². The van der Waals surface area contributed by atoms with Crippen molar-refractivity contribution in [1.29, 1.82) is 0 Å². The molecule has 0 aliphatic carbocycles. The molecule has 0 saturated heterocycles. The fourth-order valence-electron chi connectivity index (χ4n) is 2.31. The Balaban J connectivity index is 2.51. The van der Waals surface area contributed by atoms with Gasteiger partial charge in [0.2, 0.25) is 0 Å². The Hall–Kier alpha value is -1.20. The number of nitrogens with two attached hydrogens (primary N) is 1. The molecule has 2 unspecified atom stereocenters. The van der Waals surface area contributed by atoms with Crippen LogP contribution in [0.25, 0.3) is 11.0 Å². The van der Waals surface area contributed by atoms with E-state index in [4.69, 9.17) is 5.73 Å². The molecule has 0 aliphatic heterocycles. The van der Waals surface area contributed by atoms with E-state index in [0.717, 1.165) is 23.2 Å². The highest BCUT2D eigenvalue weighted by molar-refractivity contribution is 7.98. The number of aliphatic hydroxyl groups excluding tert-OH is 1. The Kier molecular flexibility index (Phi) is 4.37. The first-order valence-corrected chi connectivity index (χ1v) is 7.88. The topological polar surface area (TPSA) is 64.1 Å². The average Bonchev–Trinajstić information content (AvgIpc) is 2.74. The Morgan fingerprint density at radius 3 is 2.79 bits per heavy atom. The van der Waals surface area contributed by atoms with Crippen molar-refractivity contribution in [2.24, 2.45) is 0 Å². The van der Waals surface area contributed by atoms with E-state index in [9.17, 15) is 5.11 Å². The molecule has 0 fully saturated rings. The van der Waals surface area contributed by atoms with Crippen LogP contribution in [0.2, 0.25) is 0 Å². The summed E-state index contributed by atoms with van der Waals surface area (Å²) in [5, 5.41) is 9.93. The molecule has 1 aromatic heterocycles. The number of hydrogen-bond acceptors (Lipinski definition) is 4. The second-order valence-electron chi connectivity index (χ2n) is 4.89. The van der Waals surface area contributed by atoms with Gasteiger partial charge in [-0.15, -0.1) is 0 Å². The van der Waals surface area contributed by atoms with Gasteiger partial charge in [-0.3, -0.25) is 0 Å². The lowest BCUT2D eigenvalue weighted by atomic mass is 10.2. The van der Waals surface area contributed by atoms with Gasteiger partial charge in [0.15, 0.2) is 0 Å². The number of benzene rings is 1. The molecule has 0 bridgehead atoms. The van der Waals surface area contributed by atoms with Crippen LogP contribution in [-0.4, -0.2) is 26.7 Å². The number of aromatic nitrogens is 2. The Labute approximate surface area is 118 Å². The fraction of sp³-hybridized carbons (Fsp3) is 0.500.